The van der Waals surface area contributed by atoms with Crippen molar-refractivity contribution < 1.29 is 18.1 Å². The summed E-state index contributed by atoms with van der Waals surface area (Å²) in [6, 6.07) is 4.16. The lowest BCUT2D eigenvalue weighted by Crippen LogP contribution is -2.22. The number of hydrogen-bond acceptors (Lipinski definition) is 6. The van der Waals surface area contributed by atoms with Crippen molar-refractivity contribution in [3.05, 3.63) is 28.3 Å². The molecule has 0 heterocycles. The molecule has 0 radical (unpaired) electrons. The number of rotatable bonds is 6. The molecule has 0 aromatic heterocycles. The van der Waals surface area contributed by atoms with Crippen molar-refractivity contribution in [2.75, 3.05) is 24.7 Å². The zero-order valence-corrected chi connectivity index (χ0v) is 10.4. The summed E-state index contributed by atoms with van der Waals surface area (Å²) >= 11 is 0. The molecule has 100 valence electrons. The Bertz CT molecular complexity index is 543. The van der Waals surface area contributed by atoms with E-state index in [1.165, 1.54) is 25.3 Å². The van der Waals surface area contributed by atoms with E-state index < -0.39 is 14.9 Å². The largest absolute Gasteiger partial charge is 0.490 e. The second-order valence-electron chi connectivity index (χ2n) is 3.44. The third-order valence-corrected chi connectivity index (χ3v) is 2.87. The number of nitrogens with one attached hydrogen (secondary N) is 1. The number of nitro groups is 1. The first kappa shape index (κ1) is 14.2. The number of hydrogen-bond donors (Lipinski definition) is 2. The number of primary sulfonamides is 1. The summed E-state index contributed by atoms with van der Waals surface area (Å²) < 4.78 is 26.3. The SMILES string of the molecule is COc1cc(NCCS(N)(=O)=O)ccc1[N+](=O)[O-]. The van der Waals surface area contributed by atoms with Crippen molar-refractivity contribution in [3.63, 3.8) is 0 Å². The van der Waals surface area contributed by atoms with E-state index in [0.717, 1.165) is 0 Å². The van der Waals surface area contributed by atoms with Gasteiger partial charge in [0.05, 0.1) is 17.8 Å². The summed E-state index contributed by atoms with van der Waals surface area (Å²) in [5, 5.41) is 18.3. The van der Waals surface area contributed by atoms with Crippen LogP contribution >= 0.6 is 0 Å². The first-order valence-corrected chi connectivity index (χ1v) is 6.62. The van der Waals surface area contributed by atoms with Crippen molar-refractivity contribution >= 4 is 21.4 Å². The second kappa shape index (κ2) is 5.65. The summed E-state index contributed by atoms with van der Waals surface area (Å²) in [5.41, 5.74) is 0.357. The van der Waals surface area contributed by atoms with Crippen LogP contribution in [0.4, 0.5) is 11.4 Å². The Balaban J connectivity index is 2.77. The zero-order chi connectivity index (χ0) is 13.8. The molecule has 3 N–H and O–H groups in total. The van der Waals surface area contributed by atoms with Gasteiger partial charge >= 0.3 is 5.69 Å². The highest BCUT2D eigenvalue weighted by molar-refractivity contribution is 7.89. The lowest BCUT2D eigenvalue weighted by molar-refractivity contribution is -0.385. The van der Waals surface area contributed by atoms with Crippen LogP contribution < -0.4 is 15.2 Å². The van der Waals surface area contributed by atoms with Gasteiger partial charge < -0.3 is 10.1 Å². The molecular formula is C9H13N3O5S. The van der Waals surface area contributed by atoms with Crippen molar-refractivity contribution in [1.29, 1.82) is 0 Å². The lowest BCUT2D eigenvalue weighted by atomic mass is 10.2. The number of ether oxygens (including phenoxy) is 1. The van der Waals surface area contributed by atoms with Crippen LogP contribution in [0, 0.1) is 10.1 Å². The van der Waals surface area contributed by atoms with Gasteiger partial charge in [-0.15, -0.1) is 0 Å². The van der Waals surface area contributed by atoms with Gasteiger partial charge in [-0.1, -0.05) is 0 Å². The summed E-state index contributed by atoms with van der Waals surface area (Å²) in [7, 11) is -2.22. The summed E-state index contributed by atoms with van der Waals surface area (Å²) in [6.07, 6.45) is 0. The highest BCUT2D eigenvalue weighted by Gasteiger charge is 2.14. The van der Waals surface area contributed by atoms with E-state index in [1.54, 1.807) is 0 Å². The molecule has 0 saturated heterocycles. The molecule has 9 heteroatoms. The third-order valence-electron chi connectivity index (χ3n) is 2.09. The van der Waals surface area contributed by atoms with E-state index in [9.17, 15) is 18.5 Å². The summed E-state index contributed by atoms with van der Waals surface area (Å²) in [4.78, 5) is 10.1. The van der Waals surface area contributed by atoms with Gasteiger partial charge in [-0.05, 0) is 6.07 Å². The van der Waals surface area contributed by atoms with E-state index in [0.29, 0.717) is 5.69 Å². The van der Waals surface area contributed by atoms with Gasteiger partial charge in [0.25, 0.3) is 0 Å². The average molecular weight is 275 g/mol. The minimum atomic E-state index is -3.53. The van der Waals surface area contributed by atoms with Crippen LogP contribution in [0.2, 0.25) is 0 Å². The quantitative estimate of drug-likeness (QED) is 0.568. The van der Waals surface area contributed by atoms with Gasteiger partial charge in [-0.2, -0.15) is 0 Å². The monoisotopic (exact) mass is 275 g/mol. The average Bonchev–Trinajstić information content (AvgIpc) is 2.26. The Hall–Kier alpha value is -1.87. The van der Waals surface area contributed by atoms with Gasteiger partial charge in [0.15, 0.2) is 5.75 Å². The number of nitrogens with zero attached hydrogens (tertiary/aromatic N) is 1. The molecule has 0 bridgehead atoms. The Morgan fingerprint density at radius 1 is 1.50 bits per heavy atom. The number of nitro benzene ring substituents is 1. The van der Waals surface area contributed by atoms with Gasteiger partial charge in [-0.3, -0.25) is 10.1 Å². The zero-order valence-electron chi connectivity index (χ0n) is 9.62. The second-order valence-corrected chi connectivity index (χ2v) is 5.17. The van der Waals surface area contributed by atoms with Crippen LogP contribution in [0.25, 0.3) is 0 Å². The molecule has 8 nitrogen and oxygen atoms in total. The van der Waals surface area contributed by atoms with Gasteiger partial charge in [0.2, 0.25) is 10.0 Å². The predicted octanol–water partition coefficient (Wildman–Crippen LogP) is 0.304. The Labute approximate surface area is 104 Å². The van der Waals surface area contributed by atoms with Crippen LogP contribution in [0.3, 0.4) is 0 Å². The lowest BCUT2D eigenvalue weighted by Gasteiger charge is -2.07. The standard InChI is InChI=1S/C9H13N3O5S/c1-17-9-6-7(2-3-8(9)12(13)14)11-4-5-18(10,15)16/h2-3,6,11H,4-5H2,1H3,(H2,10,15,16). The van der Waals surface area contributed by atoms with Crippen LogP contribution in [-0.4, -0.2) is 32.7 Å². The maximum absolute atomic E-state index is 10.7. The van der Waals surface area contributed by atoms with Crippen LogP contribution in [0.5, 0.6) is 5.75 Å². The fourth-order valence-corrected chi connectivity index (χ4v) is 1.66. The molecule has 1 aromatic rings. The molecule has 0 unspecified atom stereocenters. The van der Waals surface area contributed by atoms with Crippen molar-refractivity contribution in [2.45, 2.75) is 0 Å². The number of benzene rings is 1. The fraction of sp³-hybridized carbons (Fsp3) is 0.333. The molecule has 0 aliphatic carbocycles. The maximum atomic E-state index is 10.7. The highest BCUT2D eigenvalue weighted by Crippen LogP contribution is 2.29. The number of sulfonamides is 1. The third kappa shape index (κ3) is 4.18. The van der Waals surface area contributed by atoms with Gasteiger partial charge in [0.1, 0.15) is 0 Å². The van der Waals surface area contributed by atoms with Crippen molar-refractivity contribution in [1.82, 2.24) is 0 Å². The smallest absolute Gasteiger partial charge is 0.311 e. The minimum absolute atomic E-state index is 0.0978. The minimum Gasteiger partial charge on any atom is -0.490 e. The number of nitrogens with two attached hydrogens (primary N) is 1. The Kier molecular flexibility index (Phi) is 4.45. The topological polar surface area (TPSA) is 125 Å². The van der Waals surface area contributed by atoms with E-state index in [-0.39, 0.29) is 23.7 Å². The van der Waals surface area contributed by atoms with Gasteiger partial charge in [-0.25, -0.2) is 13.6 Å². The first-order chi connectivity index (χ1) is 8.33. The first-order valence-electron chi connectivity index (χ1n) is 4.90. The Morgan fingerprint density at radius 3 is 2.67 bits per heavy atom. The van der Waals surface area contributed by atoms with E-state index in [1.807, 2.05) is 0 Å². The number of methoxy groups -OCH3 is 1. The summed E-state index contributed by atoms with van der Waals surface area (Å²) in [5.74, 6) is -0.132. The molecule has 0 fully saturated rings. The predicted molar refractivity (Wildman–Crippen MR) is 66.1 cm³/mol. The van der Waals surface area contributed by atoms with Gasteiger partial charge in [0, 0.05) is 24.4 Å². The molecule has 0 amide bonds. The molecule has 0 spiro atoms. The van der Waals surface area contributed by atoms with Crippen LogP contribution in [0.1, 0.15) is 0 Å². The molecule has 1 rings (SSSR count). The van der Waals surface area contributed by atoms with E-state index in [2.05, 4.69) is 5.32 Å². The van der Waals surface area contributed by atoms with Crippen LogP contribution in [0.15, 0.2) is 18.2 Å². The number of anilines is 1. The summed E-state index contributed by atoms with van der Waals surface area (Å²) in [6.45, 7) is 0.111. The van der Waals surface area contributed by atoms with E-state index >= 15 is 0 Å². The highest BCUT2D eigenvalue weighted by atomic mass is 32.2. The molecule has 0 atom stereocenters. The molecule has 0 aliphatic heterocycles. The van der Waals surface area contributed by atoms with Crippen LogP contribution in [-0.2, 0) is 10.0 Å². The Morgan fingerprint density at radius 2 is 2.17 bits per heavy atom. The van der Waals surface area contributed by atoms with Crippen molar-refractivity contribution in [2.24, 2.45) is 5.14 Å². The maximum Gasteiger partial charge on any atom is 0.311 e. The van der Waals surface area contributed by atoms with Crippen molar-refractivity contribution in [3.8, 4) is 5.75 Å². The molecule has 1 aromatic carbocycles. The molecular weight excluding hydrogens is 262 g/mol. The molecule has 0 saturated carbocycles. The van der Waals surface area contributed by atoms with E-state index in [4.69, 9.17) is 9.88 Å². The normalized spacial score (nSPS) is 11.0. The molecule has 0 aliphatic rings. The fourth-order valence-electron chi connectivity index (χ4n) is 1.28. The molecule has 18 heavy (non-hydrogen) atoms.